The molecule has 7 heteroatoms. The van der Waals surface area contributed by atoms with Crippen LogP contribution in [-0.4, -0.2) is 43.4 Å². The van der Waals surface area contributed by atoms with E-state index in [1.807, 2.05) is 13.8 Å². The van der Waals surface area contributed by atoms with E-state index in [0.717, 1.165) is 38.5 Å². The molecule has 0 saturated heterocycles. The van der Waals surface area contributed by atoms with E-state index >= 15 is 0 Å². The summed E-state index contributed by atoms with van der Waals surface area (Å²) in [7, 11) is 0. The highest BCUT2D eigenvalue weighted by Gasteiger charge is 2.06. The van der Waals surface area contributed by atoms with E-state index in [0.29, 0.717) is 13.1 Å². The molecular formula is C15H26N4O3. The van der Waals surface area contributed by atoms with Crippen molar-refractivity contribution in [2.45, 2.75) is 64.5 Å². The van der Waals surface area contributed by atoms with Crippen LogP contribution < -0.4 is 10.6 Å². The number of urea groups is 1. The lowest BCUT2D eigenvalue weighted by molar-refractivity contribution is 0.240. The van der Waals surface area contributed by atoms with Crippen LogP contribution in [0.15, 0.2) is 9.98 Å². The van der Waals surface area contributed by atoms with Crippen LogP contribution in [0.1, 0.15) is 52.4 Å². The molecule has 0 aliphatic carbocycles. The number of carbonyl (C=O) groups is 1. The Hall–Kier alpha value is -1.97. The molecule has 0 spiro atoms. The topological polar surface area (TPSA) is 100.0 Å². The fourth-order valence-electron chi connectivity index (χ4n) is 2.01. The molecule has 2 N–H and O–H groups in total. The summed E-state index contributed by atoms with van der Waals surface area (Å²) < 4.78 is 0. The fourth-order valence-corrected chi connectivity index (χ4v) is 2.01. The van der Waals surface area contributed by atoms with Gasteiger partial charge in [-0.15, -0.1) is 0 Å². The van der Waals surface area contributed by atoms with Crippen molar-refractivity contribution in [2.24, 2.45) is 9.98 Å². The lowest BCUT2D eigenvalue weighted by atomic mass is 10.1. The summed E-state index contributed by atoms with van der Waals surface area (Å²) in [6.45, 7) is 5.02. The molecule has 0 bridgehead atoms. The minimum Gasteiger partial charge on any atom is -0.338 e. The molecule has 0 heterocycles. The van der Waals surface area contributed by atoms with Crippen LogP contribution in [0, 0.1) is 0 Å². The van der Waals surface area contributed by atoms with Gasteiger partial charge in [0.15, 0.2) is 0 Å². The summed E-state index contributed by atoms with van der Waals surface area (Å²) in [4.78, 5) is 39.3. The van der Waals surface area contributed by atoms with Gasteiger partial charge in [0, 0.05) is 13.1 Å². The van der Waals surface area contributed by atoms with E-state index in [4.69, 9.17) is 0 Å². The molecule has 0 aromatic carbocycles. The normalized spacial score (nSPS) is 12.5. The molecule has 7 nitrogen and oxygen atoms in total. The maximum atomic E-state index is 11.5. The van der Waals surface area contributed by atoms with Gasteiger partial charge in [0.25, 0.3) is 0 Å². The molecular weight excluding hydrogens is 284 g/mol. The first-order chi connectivity index (χ1) is 10.7. The van der Waals surface area contributed by atoms with Gasteiger partial charge in [-0.2, -0.15) is 0 Å². The zero-order chi connectivity index (χ0) is 16.6. The second-order valence-electron chi connectivity index (χ2n) is 5.03. The molecule has 2 amide bonds. The van der Waals surface area contributed by atoms with Gasteiger partial charge in [-0.25, -0.2) is 24.4 Å². The first-order valence-electron chi connectivity index (χ1n) is 7.83. The molecule has 2 atom stereocenters. The lowest BCUT2D eigenvalue weighted by Gasteiger charge is -2.10. The summed E-state index contributed by atoms with van der Waals surface area (Å²) in [5.74, 6) is 0. The van der Waals surface area contributed by atoms with Gasteiger partial charge >= 0.3 is 6.03 Å². The maximum Gasteiger partial charge on any atom is 0.314 e. The number of hydrogen-bond donors (Lipinski definition) is 2. The Bertz CT molecular complexity index is 366. The molecule has 0 radical (unpaired) electrons. The van der Waals surface area contributed by atoms with Crippen LogP contribution in [-0.2, 0) is 9.59 Å². The second kappa shape index (κ2) is 14.0. The highest BCUT2D eigenvalue weighted by molar-refractivity contribution is 5.73. The third-order valence-electron chi connectivity index (χ3n) is 3.41. The van der Waals surface area contributed by atoms with E-state index in [9.17, 15) is 14.4 Å². The van der Waals surface area contributed by atoms with Gasteiger partial charge in [0.2, 0.25) is 12.2 Å². The molecule has 0 rings (SSSR count). The number of amides is 2. The molecule has 0 aromatic heterocycles. The minimum atomic E-state index is -0.209. The quantitative estimate of drug-likeness (QED) is 0.328. The van der Waals surface area contributed by atoms with Gasteiger partial charge in [-0.05, 0) is 38.5 Å². The monoisotopic (exact) mass is 310 g/mol. The zero-order valence-electron chi connectivity index (χ0n) is 13.4. The average Bonchev–Trinajstić information content (AvgIpc) is 2.53. The van der Waals surface area contributed by atoms with Crippen LogP contribution in [0.4, 0.5) is 4.79 Å². The summed E-state index contributed by atoms with van der Waals surface area (Å²) in [6, 6.07) is -0.225. The highest BCUT2D eigenvalue weighted by Crippen LogP contribution is 2.05. The number of rotatable bonds is 12. The van der Waals surface area contributed by atoms with Gasteiger partial charge in [-0.1, -0.05) is 13.8 Å². The zero-order valence-corrected chi connectivity index (χ0v) is 13.4. The molecule has 124 valence electrons. The Labute approximate surface area is 131 Å². The molecule has 0 aromatic rings. The van der Waals surface area contributed by atoms with Crippen LogP contribution in [0.5, 0.6) is 0 Å². The standard InChI is InChI=1S/C15H26N4O3/c1-3-13(18-11-20)7-5-9-16-15(22)17-10-6-8-14(4-2)19-12-21/h13-14H,3-10H2,1-2H3,(H2,16,17,22). The van der Waals surface area contributed by atoms with Gasteiger partial charge < -0.3 is 10.6 Å². The van der Waals surface area contributed by atoms with E-state index in [1.54, 1.807) is 12.2 Å². The molecule has 22 heavy (non-hydrogen) atoms. The van der Waals surface area contributed by atoms with Crippen molar-refractivity contribution in [2.75, 3.05) is 13.1 Å². The van der Waals surface area contributed by atoms with Crippen molar-refractivity contribution >= 4 is 18.2 Å². The third-order valence-corrected chi connectivity index (χ3v) is 3.41. The Kier molecular flexibility index (Phi) is 12.7. The van der Waals surface area contributed by atoms with Crippen LogP contribution in [0.3, 0.4) is 0 Å². The minimum absolute atomic E-state index is 0.00767. The fraction of sp³-hybridized carbons (Fsp3) is 0.800. The average molecular weight is 310 g/mol. The molecule has 0 fully saturated rings. The van der Waals surface area contributed by atoms with E-state index in [-0.39, 0.29) is 18.1 Å². The number of isocyanates is 2. The largest absolute Gasteiger partial charge is 0.338 e. The first-order valence-corrected chi connectivity index (χ1v) is 7.83. The summed E-state index contributed by atoms with van der Waals surface area (Å²) in [6.07, 6.45) is 7.78. The van der Waals surface area contributed by atoms with Crippen molar-refractivity contribution < 1.29 is 14.4 Å². The summed E-state index contributed by atoms with van der Waals surface area (Å²) in [5.41, 5.74) is 0. The number of hydrogen-bond acceptors (Lipinski definition) is 5. The van der Waals surface area contributed by atoms with Crippen molar-refractivity contribution in [1.82, 2.24) is 10.6 Å². The Morgan fingerprint density at radius 3 is 1.64 bits per heavy atom. The summed E-state index contributed by atoms with van der Waals surface area (Å²) in [5, 5.41) is 5.51. The maximum absolute atomic E-state index is 11.5. The Balaban J connectivity index is 3.65. The van der Waals surface area contributed by atoms with Crippen molar-refractivity contribution in [3.8, 4) is 0 Å². The SMILES string of the molecule is CCC(CCCNC(=O)NCCCC(CC)N=C=O)N=C=O. The summed E-state index contributed by atoms with van der Waals surface area (Å²) >= 11 is 0. The molecule has 2 unspecified atom stereocenters. The smallest absolute Gasteiger partial charge is 0.314 e. The van der Waals surface area contributed by atoms with Gasteiger partial charge in [0.1, 0.15) is 0 Å². The first kappa shape index (κ1) is 20.0. The van der Waals surface area contributed by atoms with Crippen molar-refractivity contribution in [3.05, 3.63) is 0 Å². The lowest BCUT2D eigenvalue weighted by Crippen LogP contribution is -2.36. The highest BCUT2D eigenvalue weighted by atomic mass is 16.2. The van der Waals surface area contributed by atoms with Crippen molar-refractivity contribution in [3.63, 3.8) is 0 Å². The number of nitrogens with zero attached hydrogens (tertiary/aromatic N) is 2. The Morgan fingerprint density at radius 2 is 1.32 bits per heavy atom. The van der Waals surface area contributed by atoms with Crippen LogP contribution >= 0.6 is 0 Å². The predicted octanol–water partition coefficient (Wildman–Crippen LogP) is 2.07. The Morgan fingerprint density at radius 1 is 0.909 bits per heavy atom. The van der Waals surface area contributed by atoms with E-state index in [1.165, 1.54) is 0 Å². The third kappa shape index (κ3) is 10.8. The number of carbonyl (C=O) groups excluding carboxylic acids is 3. The number of aliphatic imine (C=N–C) groups is 2. The van der Waals surface area contributed by atoms with Gasteiger partial charge in [0.05, 0.1) is 12.1 Å². The van der Waals surface area contributed by atoms with E-state index < -0.39 is 0 Å². The molecule has 0 aliphatic rings. The number of nitrogens with one attached hydrogen (secondary N) is 2. The van der Waals surface area contributed by atoms with Gasteiger partial charge in [-0.3, -0.25) is 0 Å². The predicted molar refractivity (Wildman–Crippen MR) is 84.3 cm³/mol. The second-order valence-corrected chi connectivity index (χ2v) is 5.03. The van der Waals surface area contributed by atoms with Crippen molar-refractivity contribution in [1.29, 1.82) is 0 Å². The van der Waals surface area contributed by atoms with Crippen LogP contribution in [0.2, 0.25) is 0 Å². The molecule has 0 saturated carbocycles. The molecule has 0 aliphatic heterocycles. The van der Waals surface area contributed by atoms with E-state index in [2.05, 4.69) is 20.6 Å². The van der Waals surface area contributed by atoms with Crippen LogP contribution in [0.25, 0.3) is 0 Å².